The molecule has 3 heterocycles. The number of aryl methyl sites for hydroxylation is 2. The molecular formula is C17H17N3O5S. The first-order valence-corrected chi connectivity index (χ1v) is 8.82. The lowest BCUT2D eigenvalue weighted by Gasteiger charge is -2.00. The fourth-order valence-corrected chi connectivity index (χ4v) is 3.16. The topological polar surface area (TPSA) is 107 Å². The fourth-order valence-electron chi connectivity index (χ4n) is 2.19. The van der Waals surface area contributed by atoms with E-state index in [1.807, 2.05) is 6.92 Å². The van der Waals surface area contributed by atoms with E-state index in [2.05, 4.69) is 15.5 Å². The summed E-state index contributed by atoms with van der Waals surface area (Å²) in [7, 11) is 0. The summed E-state index contributed by atoms with van der Waals surface area (Å²) in [4.78, 5) is 28.8. The molecule has 0 fully saturated rings. The fraction of sp³-hybridized carbons (Fsp3) is 0.294. The Balaban J connectivity index is 1.60. The van der Waals surface area contributed by atoms with Crippen LogP contribution in [0.15, 0.2) is 33.4 Å². The summed E-state index contributed by atoms with van der Waals surface area (Å²) in [5, 5.41) is 7.02. The molecule has 0 aliphatic heterocycles. The molecular weight excluding hydrogens is 358 g/mol. The molecule has 136 valence electrons. The van der Waals surface area contributed by atoms with Gasteiger partial charge in [0.15, 0.2) is 18.2 Å². The molecule has 26 heavy (non-hydrogen) atoms. The van der Waals surface area contributed by atoms with E-state index < -0.39 is 5.97 Å². The highest BCUT2D eigenvalue weighted by atomic mass is 32.1. The minimum atomic E-state index is -0.513. The standard InChI is InChI=1S/C17H17N3O5S/c1-3-5-12-18-13(25-20-12)9-24-17(22)15-10(2)8-14(26-15)19-16(21)11-6-4-7-23-11/h4,6-8H,3,5,9H2,1-2H3,(H,19,21). The van der Waals surface area contributed by atoms with Crippen LogP contribution in [0.3, 0.4) is 0 Å². The Labute approximate surface area is 153 Å². The van der Waals surface area contributed by atoms with Gasteiger partial charge in [-0.25, -0.2) is 4.79 Å². The molecule has 0 atom stereocenters. The second kappa shape index (κ2) is 7.96. The normalized spacial score (nSPS) is 10.7. The summed E-state index contributed by atoms with van der Waals surface area (Å²) in [5.74, 6) is 0.141. The maximum atomic E-state index is 12.3. The molecule has 0 radical (unpaired) electrons. The van der Waals surface area contributed by atoms with Crippen LogP contribution in [0.1, 0.15) is 50.8 Å². The van der Waals surface area contributed by atoms with Gasteiger partial charge in [-0.2, -0.15) is 4.98 Å². The van der Waals surface area contributed by atoms with Crippen molar-refractivity contribution in [2.75, 3.05) is 5.32 Å². The number of nitrogens with one attached hydrogen (secondary N) is 1. The molecule has 9 heteroatoms. The van der Waals surface area contributed by atoms with Crippen molar-refractivity contribution in [1.29, 1.82) is 0 Å². The lowest BCUT2D eigenvalue weighted by atomic mass is 10.3. The van der Waals surface area contributed by atoms with E-state index in [-0.39, 0.29) is 24.2 Å². The van der Waals surface area contributed by atoms with Crippen LogP contribution in [0.4, 0.5) is 5.00 Å². The van der Waals surface area contributed by atoms with Crippen LogP contribution in [0.25, 0.3) is 0 Å². The van der Waals surface area contributed by atoms with Crippen molar-refractivity contribution in [3.8, 4) is 0 Å². The number of rotatable bonds is 7. The quantitative estimate of drug-likeness (QED) is 0.629. The molecule has 8 nitrogen and oxygen atoms in total. The third-order valence-electron chi connectivity index (χ3n) is 3.40. The molecule has 3 aromatic heterocycles. The van der Waals surface area contributed by atoms with E-state index >= 15 is 0 Å². The molecule has 0 aliphatic rings. The minimum Gasteiger partial charge on any atom is -0.459 e. The zero-order valence-corrected chi connectivity index (χ0v) is 15.1. The number of furan rings is 1. The van der Waals surface area contributed by atoms with Crippen molar-refractivity contribution in [3.63, 3.8) is 0 Å². The minimum absolute atomic E-state index is 0.0963. The van der Waals surface area contributed by atoms with E-state index in [1.165, 1.54) is 6.26 Å². The van der Waals surface area contributed by atoms with Gasteiger partial charge in [-0.15, -0.1) is 11.3 Å². The summed E-state index contributed by atoms with van der Waals surface area (Å²) >= 11 is 1.13. The Morgan fingerprint density at radius 1 is 1.38 bits per heavy atom. The molecule has 0 saturated heterocycles. The lowest BCUT2D eigenvalue weighted by molar-refractivity contribution is 0.0434. The molecule has 0 spiro atoms. The Morgan fingerprint density at radius 2 is 2.23 bits per heavy atom. The van der Waals surface area contributed by atoms with Gasteiger partial charge in [0.1, 0.15) is 4.88 Å². The highest BCUT2D eigenvalue weighted by molar-refractivity contribution is 7.18. The third-order valence-corrected chi connectivity index (χ3v) is 4.53. The zero-order valence-electron chi connectivity index (χ0n) is 14.3. The number of hydrogen-bond acceptors (Lipinski definition) is 8. The highest BCUT2D eigenvalue weighted by Crippen LogP contribution is 2.28. The number of aromatic nitrogens is 2. The summed E-state index contributed by atoms with van der Waals surface area (Å²) in [6, 6.07) is 4.89. The van der Waals surface area contributed by atoms with Crippen molar-refractivity contribution in [2.24, 2.45) is 0 Å². The number of carbonyl (C=O) groups is 2. The average Bonchev–Trinajstić information content (AvgIpc) is 3.34. The monoisotopic (exact) mass is 375 g/mol. The van der Waals surface area contributed by atoms with Gasteiger partial charge in [0, 0.05) is 6.42 Å². The van der Waals surface area contributed by atoms with E-state index in [4.69, 9.17) is 13.7 Å². The van der Waals surface area contributed by atoms with Crippen LogP contribution in [0, 0.1) is 6.92 Å². The summed E-state index contributed by atoms with van der Waals surface area (Å²) < 4.78 is 15.3. The summed E-state index contributed by atoms with van der Waals surface area (Å²) in [5.41, 5.74) is 0.701. The zero-order chi connectivity index (χ0) is 18.5. The van der Waals surface area contributed by atoms with Crippen LogP contribution < -0.4 is 5.32 Å². The van der Waals surface area contributed by atoms with Crippen molar-refractivity contribution in [3.05, 3.63) is 52.4 Å². The molecule has 0 aliphatic carbocycles. The van der Waals surface area contributed by atoms with E-state index in [0.717, 1.165) is 17.8 Å². The number of ether oxygens (including phenoxy) is 1. The number of esters is 1. The number of amides is 1. The molecule has 3 aromatic rings. The molecule has 0 unspecified atom stereocenters. The van der Waals surface area contributed by atoms with Gasteiger partial charge < -0.3 is 19.0 Å². The lowest BCUT2D eigenvalue weighted by Crippen LogP contribution is -2.09. The smallest absolute Gasteiger partial charge is 0.349 e. The number of carbonyl (C=O) groups excluding carboxylic acids is 2. The van der Waals surface area contributed by atoms with Crippen LogP contribution in [-0.2, 0) is 17.8 Å². The van der Waals surface area contributed by atoms with Crippen molar-refractivity contribution in [1.82, 2.24) is 10.1 Å². The largest absolute Gasteiger partial charge is 0.459 e. The number of thiophene rings is 1. The Bertz CT molecular complexity index is 898. The van der Waals surface area contributed by atoms with Crippen LogP contribution in [0.5, 0.6) is 0 Å². The van der Waals surface area contributed by atoms with Crippen molar-refractivity contribution < 1.29 is 23.3 Å². The number of nitrogens with zero attached hydrogens (tertiary/aromatic N) is 2. The SMILES string of the molecule is CCCc1noc(COC(=O)c2sc(NC(=O)c3ccco3)cc2C)n1. The second-order valence-corrected chi connectivity index (χ2v) is 6.54. The van der Waals surface area contributed by atoms with Gasteiger partial charge in [-0.05, 0) is 37.1 Å². The summed E-state index contributed by atoms with van der Waals surface area (Å²) in [6.45, 7) is 3.68. The number of anilines is 1. The molecule has 0 bridgehead atoms. The molecule has 0 aromatic carbocycles. The maximum Gasteiger partial charge on any atom is 0.349 e. The second-order valence-electron chi connectivity index (χ2n) is 5.48. The average molecular weight is 375 g/mol. The Kier molecular flexibility index (Phi) is 5.47. The van der Waals surface area contributed by atoms with Gasteiger partial charge in [-0.1, -0.05) is 12.1 Å². The van der Waals surface area contributed by atoms with Crippen LogP contribution in [0.2, 0.25) is 0 Å². The molecule has 1 amide bonds. The molecule has 3 rings (SSSR count). The Morgan fingerprint density at radius 3 is 2.96 bits per heavy atom. The van der Waals surface area contributed by atoms with Crippen LogP contribution in [-0.4, -0.2) is 22.0 Å². The van der Waals surface area contributed by atoms with Gasteiger partial charge in [-0.3, -0.25) is 4.79 Å². The Hall–Kier alpha value is -2.94. The van der Waals surface area contributed by atoms with Crippen molar-refractivity contribution in [2.45, 2.75) is 33.3 Å². The predicted molar refractivity (Wildman–Crippen MR) is 93.1 cm³/mol. The van der Waals surface area contributed by atoms with Gasteiger partial charge in [0.05, 0.1) is 11.3 Å². The van der Waals surface area contributed by atoms with Gasteiger partial charge >= 0.3 is 5.97 Å². The molecule has 1 N–H and O–H groups in total. The van der Waals surface area contributed by atoms with E-state index in [0.29, 0.717) is 27.7 Å². The van der Waals surface area contributed by atoms with Crippen molar-refractivity contribution >= 4 is 28.2 Å². The van der Waals surface area contributed by atoms with Gasteiger partial charge in [0.25, 0.3) is 11.8 Å². The van der Waals surface area contributed by atoms with E-state index in [1.54, 1.807) is 25.1 Å². The predicted octanol–water partition coefficient (Wildman–Crippen LogP) is 3.59. The first-order valence-electron chi connectivity index (χ1n) is 8.00. The van der Waals surface area contributed by atoms with Crippen LogP contribution >= 0.6 is 11.3 Å². The highest BCUT2D eigenvalue weighted by Gasteiger charge is 2.18. The molecule has 0 saturated carbocycles. The summed E-state index contributed by atoms with van der Waals surface area (Å²) in [6.07, 6.45) is 3.03. The first-order chi connectivity index (χ1) is 12.6. The number of hydrogen-bond donors (Lipinski definition) is 1. The van der Waals surface area contributed by atoms with E-state index in [9.17, 15) is 9.59 Å². The maximum absolute atomic E-state index is 12.3. The third kappa shape index (κ3) is 4.17. The first kappa shape index (κ1) is 17.9. The van der Waals surface area contributed by atoms with Gasteiger partial charge in [0.2, 0.25) is 0 Å².